The zero-order chi connectivity index (χ0) is 17.1. The number of aromatic nitrogens is 2. The first-order valence-corrected chi connectivity index (χ1v) is 8.12. The molecule has 2 aliphatic heterocycles. The van der Waals surface area contributed by atoms with Crippen LogP contribution in [0.2, 0.25) is 0 Å². The number of piperazine rings is 1. The van der Waals surface area contributed by atoms with Crippen LogP contribution in [0, 0.1) is 0 Å². The standard InChI is InChI=1S/C15H21F2N5O2/c16-15(17)21-4-3-18-12(21)11-20-7-5-19(6-8-20)9-10-22-13(23)1-2-14(22)24/h3-4,15H,1-2,5-11H2. The molecule has 0 aliphatic carbocycles. The van der Waals surface area contributed by atoms with Crippen LogP contribution in [0.1, 0.15) is 25.2 Å². The lowest BCUT2D eigenvalue weighted by atomic mass is 10.3. The number of amides is 2. The largest absolute Gasteiger partial charge is 0.319 e. The highest BCUT2D eigenvalue weighted by Gasteiger charge is 2.29. The molecule has 0 atom stereocenters. The lowest BCUT2D eigenvalue weighted by Gasteiger charge is -2.35. The normalized spacial score (nSPS) is 20.5. The van der Waals surface area contributed by atoms with Crippen LogP contribution < -0.4 is 0 Å². The summed E-state index contributed by atoms with van der Waals surface area (Å²) in [4.78, 5) is 32.8. The Morgan fingerprint density at radius 1 is 1.00 bits per heavy atom. The van der Waals surface area contributed by atoms with Gasteiger partial charge in [-0.25, -0.2) is 4.98 Å². The summed E-state index contributed by atoms with van der Waals surface area (Å²) in [7, 11) is 0. The molecular formula is C15H21F2N5O2. The van der Waals surface area contributed by atoms with E-state index in [-0.39, 0.29) is 11.8 Å². The Balaban J connectivity index is 1.43. The molecule has 2 saturated heterocycles. The van der Waals surface area contributed by atoms with Gasteiger partial charge in [-0.2, -0.15) is 8.78 Å². The van der Waals surface area contributed by atoms with Crippen molar-refractivity contribution in [1.82, 2.24) is 24.3 Å². The van der Waals surface area contributed by atoms with Crippen LogP contribution in [0.3, 0.4) is 0 Å². The maximum Gasteiger partial charge on any atom is 0.319 e. The first-order valence-electron chi connectivity index (χ1n) is 8.12. The van der Waals surface area contributed by atoms with Crippen LogP contribution >= 0.6 is 0 Å². The van der Waals surface area contributed by atoms with Crippen LogP contribution in [0.4, 0.5) is 8.78 Å². The van der Waals surface area contributed by atoms with E-state index in [1.807, 2.05) is 0 Å². The van der Waals surface area contributed by atoms with Crippen molar-refractivity contribution in [2.75, 3.05) is 39.3 Å². The van der Waals surface area contributed by atoms with E-state index in [1.165, 1.54) is 17.3 Å². The van der Waals surface area contributed by atoms with Gasteiger partial charge in [-0.3, -0.25) is 28.9 Å². The van der Waals surface area contributed by atoms with Gasteiger partial charge < -0.3 is 0 Å². The van der Waals surface area contributed by atoms with E-state index >= 15 is 0 Å². The fraction of sp³-hybridized carbons (Fsp3) is 0.667. The van der Waals surface area contributed by atoms with Crippen molar-refractivity contribution in [1.29, 1.82) is 0 Å². The zero-order valence-corrected chi connectivity index (χ0v) is 13.4. The number of alkyl halides is 2. The minimum atomic E-state index is -2.57. The highest BCUT2D eigenvalue weighted by Crippen LogP contribution is 2.15. The van der Waals surface area contributed by atoms with Gasteiger partial charge in [0, 0.05) is 64.5 Å². The van der Waals surface area contributed by atoms with Gasteiger partial charge in [-0.05, 0) is 0 Å². The number of rotatable bonds is 6. The summed E-state index contributed by atoms with van der Waals surface area (Å²) in [6.45, 7) is 1.99. The second-order valence-corrected chi connectivity index (χ2v) is 6.09. The van der Waals surface area contributed by atoms with Crippen molar-refractivity contribution < 1.29 is 18.4 Å². The summed E-state index contributed by atoms with van der Waals surface area (Å²) in [5, 5.41) is 0. The van der Waals surface area contributed by atoms with E-state index in [4.69, 9.17) is 0 Å². The number of hydrogen-bond acceptors (Lipinski definition) is 5. The van der Waals surface area contributed by atoms with Gasteiger partial charge in [0.05, 0.1) is 6.54 Å². The maximum absolute atomic E-state index is 12.8. The maximum atomic E-state index is 12.8. The summed E-state index contributed by atoms with van der Waals surface area (Å²) < 4.78 is 26.5. The molecule has 24 heavy (non-hydrogen) atoms. The fourth-order valence-corrected chi connectivity index (χ4v) is 3.13. The second kappa shape index (κ2) is 7.35. The Morgan fingerprint density at radius 3 is 2.25 bits per heavy atom. The Bertz CT molecular complexity index is 582. The van der Waals surface area contributed by atoms with Crippen molar-refractivity contribution in [2.45, 2.75) is 25.9 Å². The summed E-state index contributed by atoms with van der Waals surface area (Å²) in [6, 6.07) is 0. The molecule has 0 bridgehead atoms. The van der Waals surface area contributed by atoms with E-state index in [2.05, 4.69) is 14.8 Å². The third-order valence-electron chi connectivity index (χ3n) is 4.58. The number of nitrogens with zero attached hydrogens (tertiary/aromatic N) is 5. The Kier molecular flexibility index (Phi) is 5.20. The third kappa shape index (κ3) is 3.78. The van der Waals surface area contributed by atoms with E-state index in [9.17, 15) is 18.4 Å². The van der Waals surface area contributed by atoms with Crippen molar-refractivity contribution in [2.24, 2.45) is 0 Å². The molecule has 2 amide bonds. The van der Waals surface area contributed by atoms with Crippen molar-refractivity contribution >= 4 is 11.8 Å². The van der Waals surface area contributed by atoms with Crippen LogP contribution in [0.15, 0.2) is 12.4 Å². The van der Waals surface area contributed by atoms with E-state index < -0.39 is 6.55 Å². The molecule has 0 saturated carbocycles. The van der Waals surface area contributed by atoms with E-state index in [0.29, 0.717) is 38.3 Å². The summed E-state index contributed by atoms with van der Waals surface area (Å²) in [5.74, 6) is 0.196. The summed E-state index contributed by atoms with van der Waals surface area (Å²) in [5.41, 5.74) is 0. The molecule has 3 rings (SSSR count). The molecule has 9 heteroatoms. The third-order valence-corrected chi connectivity index (χ3v) is 4.58. The Labute approximate surface area is 138 Å². The Hall–Kier alpha value is -1.87. The molecule has 0 radical (unpaired) electrons. The van der Waals surface area contributed by atoms with Crippen molar-refractivity contribution in [3.63, 3.8) is 0 Å². The van der Waals surface area contributed by atoms with Crippen LogP contribution in [0.25, 0.3) is 0 Å². The number of halogens is 2. The molecule has 0 N–H and O–H groups in total. The number of hydrogen-bond donors (Lipinski definition) is 0. The predicted molar refractivity (Wildman–Crippen MR) is 81.2 cm³/mol. The first-order chi connectivity index (χ1) is 11.5. The van der Waals surface area contributed by atoms with Crippen molar-refractivity contribution in [3.05, 3.63) is 18.2 Å². The number of carbonyl (C=O) groups is 2. The number of carbonyl (C=O) groups excluding carboxylic acids is 2. The molecule has 0 spiro atoms. The van der Waals surface area contributed by atoms with E-state index in [1.54, 1.807) is 0 Å². The predicted octanol–water partition coefficient (Wildman–Crippen LogP) is 0.545. The fourth-order valence-electron chi connectivity index (χ4n) is 3.13. The minimum Gasteiger partial charge on any atom is -0.299 e. The molecule has 1 aromatic heterocycles. The van der Waals surface area contributed by atoms with Gasteiger partial charge in [-0.1, -0.05) is 0 Å². The lowest BCUT2D eigenvalue weighted by molar-refractivity contribution is -0.138. The Morgan fingerprint density at radius 2 is 1.62 bits per heavy atom. The number of imidazole rings is 1. The second-order valence-electron chi connectivity index (χ2n) is 6.09. The molecule has 132 valence electrons. The highest BCUT2D eigenvalue weighted by molar-refractivity contribution is 6.01. The van der Waals surface area contributed by atoms with Gasteiger partial charge >= 0.3 is 6.55 Å². The van der Waals surface area contributed by atoms with Gasteiger partial charge in [0.25, 0.3) is 0 Å². The smallest absolute Gasteiger partial charge is 0.299 e. The molecule has 0 unspecified atom stereocenters. The quantitative estimate of drug-likeness (QED) is 0.707. The molecule has 7 nitrogen and oxygen atoms in total. The summed E-state index contributed by atoms with van der Waals surface area (Å²) in [6.07, 6.45) is 3.33. The van der Waals surface area contributed by atoms with Gasteiger partial charge in [0.2, 0.25) is 11.8 Å². The van der Waals surface area contributed by atoms with Crippen LogP contribution in [0.5, 0.6) is 0 Å². The van der Waals surface area contributed by atoms with Crippen LogP contribution in [-0.4, -0.2) is 75.3 Å². The topological polar surface area (TPSA) is 61.7 Å². The number of imide groups is 1. The van der Waals surface area contributed by atoms with E-state index in [0.717, 1.165) is 30.7 Å². The molecule has 1 aromatic rings. The van der Waals surface area contributed by atoms with Crippen molar-refractivity contribution in [3.8, 4) is 0 Å². The van der Waals surface area contributed by atoms with Crippen LogP contribution in [-0.2, 0) is 16.1 Å². The minimum absolute atomic E-state index is 0.0857. The average molecular weight is 341 g/mol. The summed E-state index contributed by atoms with van der Waals surface area (Å²) >= 11 is 0. The monoisotopic (exact) mass is 341 g/mol. The molecular weight excluding hydrogens is 320 g/mol. The number of likely N-dealkylation sites (tertiary alicyclic amines) is 1. The molecule has 2 aliphatic rings. The zero-order valence-electron chi connectivity index (χ0n) is 13.4. The SMILES string of the molecule is O=C1CCC(=O)N1CCN1CCN(Cc2nccn2C(F)F)CC1. The molecule has 3 heterocycles. The first kappa shape index (κ1) is 17.0. The average Bonchev–Trinajstić information content (AvgIpc) is 3.14. The molecule has 2 fully saturated rings. The van der Waals surface area contributed by atoms with Gasteiger partial charge in [-0.15, -0.1) is 0 Å². The van der Waals surface area contributed by atoms with Gasteiger partial charge in [0.1, 0.15) is 5.82 Å². The van der Waals surface area contributed by atoms with Gasteiger partial charge in [0.15, 0.2) is 0 Å². The lowest BCUT2D eigenvalue weighted by Crippen LogP contribution is -2.48. The molecule has 0 aromatic carbocycles. The highest BCUT2D eigenvalue weighted by atomic mass is 19.3.